The summed E-state index contributed by atoms with van der Waals surface area (Å²) in [4.78, 5) is 15.2. The number of nitrogens with zero attached hydrogens (tertiary/aromatic N) is 1. The molecule has 0 unspecified atom stereocenters. The van der Waals surface area contributed by atoms with Gasteiger partial charge in [-0.2, -0.15) is 11.8 Å². The number of aromatic carboxylic acids is 1. The Morgan fingerprint density at radius 2 is 2.39 bits per heavy atom. The molecule has 96 valence electrons. The van der Waals surface area contributed by atoms with E-state index < -0.39 is 5.97 Å². The smallest absolute Gasteiger partial charge is 0.338 e. The van der Waals surface area contributed by atoms with Gasteiger partial charge >= 0.3 is 5.97 Å². The standard InChI is InChI=1S/C12H13NO3S2/c1-7(2)17-6-11-13-9(5-18-11)10-3-8(4-16-10)12(14)15/h3-5,7H,6H2,1-2H3,(H,14,15). The first-order valence-corrected chi connectivity index (χ1v) is 7.37. The van der Waals surface area contributed by atoms with Crippen LogP contribution in [0.1, 0.15) is 29.2 Å². The van der Waals surface area contributed by atoms with Crippen LogP contribution >= 0.6 is 23.1 Å². The van der Waals surface area contributed by atoms with E-state index in [0.717, 1.165) is 10.8 Å². The molecule has 0 aliphatic heterocycles. The minimum Gasteiger partial charge on any atom is -0.478 e. The van der Waals surface area contributed by atoms with Crippen LogP contribution in [-0.2, 0) is 5.75 Å². The highest BCUT2D eigenvalue weighted by molar-refractivity contribution is 7.99. The fraction of sp³-hybridized carbons (Fsp3) is 0.333. The van der Waals surface area contributed by atoms with Crippen molar-refractivity contribution in [2.75, 3.05) is 0 Å². The molecule has 1 N–H and O–H groups in total. The summed E-state index contributed by atoms with van der Waals surface area (Å²) >= 11 is 3.39. The van der Waals surface area contributed by atoms with E-state index in [1.54, 1.807) is 11.3 Å². The molecule has 0 saturated carbocycles. The molecule has 2 aromatic heterocycles. The van der Waals surface area contributed by atoms with Gasteiger partial charge in [-0.05, 0) is 5.25 Å². The van der Waals surface area contributed by atoms with Crippen molar-refractivity contribution in [2.24, 2.45) is 0 Å². The molecule has 2 aromatic rings. The summed E-state index contributed by atoms with van der Waals surface area (Å²) in [5, 5.41) is 12.3. The predicted octanol–water partition coefficient (Wildman–Crippen LogP) is 3.74. The average Bonchev–Trinajstić information content (AvgIpc) is 2.95. The van der Waals surface area contributed by atoms with Crippen molar-refractivity contribution >= 4 is 29.1 Å². The second kappa shape index (κ2) is 5.58. The number of carboxylic acids is 1. The third-order valence-corrected chi connectivity index (χ3v) is 4.33. The molecule has 18 heavy (non-hydrogen) atoms. The minimum atomic E-state index is -0.990. The molecule has 0 atom stereocenters. The van der Waals surface area contributed by atoms with Gasteiger partial charge in [0.25, 0.3) is 0 Å². The monoisotopic (exact) mass is 283 g/mol. The maximum atomic E-state index is 10.7. The first-order chi connectivity index (χ1) is 8.56. The lowest BCUT2D eigenvalue weighted by atomic mass is 10.3. The van der Waals surface area contributed by atoms with Gasteiger partial charge in [0.1, 0.15) is 17.0 Å². The van der Waals surface area contributed by atoms with Gasteiger partial charge in [-0.3, -0.25) is 0 Å². The largest absolute Gasteiger partial charge is 0.478 e. The van der Waals surface area contributed by atoms with E-state index in [4.69, 9.17) is 9.52 Å². The van der Waals surface area contributed by atoms with Crippen molar-refractivity contribution in [3.05, 3.63) is 28.3 Å². The van der Waals surface area contributed by atoms with Crippen LogP contribution < -0.4 is 0 Å². The fourth-order valence-corrected chi connectivity index (χ4v) is 2.90. The minimum absolute atomic E-state index is 0.149. The molecule has 0 bridgehead atoms. The molecule has 0 radical (unpaired) electrons. The molecule has 2 rings (SSSR count). The molecule has 0 aromatic carbocycles. The van der Waals surface area contributed by atoms with Gasteiger partial charge in [0.05, 0.1) is 5.56 Å². The SMILES string of the molecule is CC(C)SCc1nc(-c2cc(C(=O)O)co2)cs1. The molecule has 0 saturated heterocycles. The Labute approximate surface area is 113 Å². The van der Waals surface area contributed by atoms with Crippen molar-refractivity contribution in [3.63, 3.8) is 0 Å². The average molecular weight is 283 g/mol. The summed E-state index contributed by atoms with van der Waals surface area (Å²) in [6, 6.07) is 1.50. The zero-order chi connectivity index (χ0) is 13.1. The van der Waals surface area contributed by atoms with Crippen LogP contribution in [0.25, 0.3) is 11.5 Å². The Bertz CT molecular complexity index is 545. The van der Waals surface area contributed by atoms with E-state index in [0.29, 0.717) is 16.7 Å². The molecule has 2 heterocycles. The number of aromatic nitrogens is 1. The van der Waals surface area contributed by atoms with E-state index in [-0.39, 0.29) is 5.56 Å². The summed E-state index contributed by atoms with van der Waals surface area (Å²) in [6.07, 6.45) is 1.24. The quantitative estimate of drug-likeness (QED) is 0.905. The van der Waals surface area contributed by atoms with Crippen molar-refractivity contribution in [1.29, 1.82) is 0 Å². The van der Waals surface area contributed by atoms with Gasteiger partial charge in [-0.15, -0.1) is 11.3 Å². The lowest BCUT2D eigenvalue weighted by Gasteiger charge is -2.00. The maximum absolute atomic E-state index is 10.7. The van der Waals surface area contributed by atoms with Gasteiger partial charge in [-0.1, -0.05) is 13.8 Å². The third kappa shape index (κ3) is 3.14. The van der Waals surface area contributed by atoms with Gasteiger partial charge < -0.3 is 9.52 Å². The summed E-state index contributed by atoms with van der Waals surface area (Å²) in [5.74, 6) is 0.384. The number of furan rings is 1. The second-order valence-corrected chi connectivity index (χ2v) is 6.50. The number of hydrogen-bond donors (Lipinski definition) is 1. The molecular formula is C12H13NO3S2. The number of rotatable bonds is 5. The van der Waals surface area contributed by atoms with E-state index in [9.17, 15) is 4.79 Å². The van der Waals surface area contributed by atoms with Crippen LogP contribution in [0.5, 0.6) is 0 Å². The molecule has 0 aliphatic rings. The van der Waals surface area contributed by atoms with E-state index in [2.05, 4.69) is 18.8 Å². The van der Waals surface area contributed by atoms with E-state index in [1.807, 2.05) is 17.1 Å². The molecule has 4 nitrogen and oxygen atoms in total. The number of carbonyl (C=O) groups is 1. The number of thioether (sulfide) groups is 1. The van der Waals surface area contributed by atoms with Gasteiger partial charge in [0.15, 0.2) is 5.76 Å². The fourth-order valence-electron chi connectivity index (χ4n) is 1.31. The Balaban J connectivity index is 2.11. The van der Waals surface area contributed by atoms with Gasteiger partial charge in [0.2, 0.25) is 0 Å². The van der Waals surface area contributed by atoms with Crippen LogP contribution in [-0.4, -0.2) is 21.3 Å². The van der Waals surface area contributed by atoms with E-state index >= 15 is 0 Å². The Hall–Kier alpha value is -1.27. The molecule has 0 spiro atoms. The summed E-state index contributed by atoms with van der Waals surface area (Å²) in [6.45, 7) is 4.29. The number of thiazole rings is 1. The van der Waals surface area contributed by atoms with Gasteiger partial charge in [-0.25, -0.2) is 9.78 Å². The lowest BCUT2D eigenvalue weighted by molar-refractivity contribution is 0.0696. The zero-order valence-electron chi connectivity index (χ0n) is 10.0. The van der Waals surface area contributed by atoms with Crippen LogP contribution in [0.3, 0.4) is 0 Å². The topological polar surface area (TPSA) is 63.3 Å². The van der Waals surface area contributed by atoms with Crippen molar-refractivity contribution in [2.45, 2.75) is 24.9 Å². The normalized spacial score (nSPS) is 11.1. The molecule has 0 fully saturated rings. The van der Waals surface area contributed by atoms with Crippen molar-refractivity contribution in [3.8, 4) is 11.5 Å². The maximum Gasteiger partial charge on any atom is 0.338 e. The summed E-state index contributed by atoms with van der Waals surface area (Å²) in [7, 11) is 0. The van der Waals surface area contributed by atoms with Crippen LogP contribution in [0.15, 0.2) is 22.1 Å². The molecular weight excluding hydrogens is 270 g/mol. The highest BCUT2D eigenvalue weighted by atomic mass is 32.2. The highest BCUT2D eigenvalue weighted by Crippen LogP contribution is 2.27. The molecule has 6 heteroatoms. The summed E-state index contributed by atoms with van der Waals surface area (Å²) < 4.78 is 5.21. The Kier molecular flexibility index (Phi) is 4.08. The number of hydrogen-bond acceptors (Lipinski definition) is 5. The molecule has 0 aliphatic carbocycles. The molecule has 0 amide bonds. The summed E-state index contributed by atoms with van der Waals surface area (Å²) in [5.41, 5.74) is 0.850. The Morgan fingerprint density at radius 1 is 1.61 bits per heavy atom. The van der Waals surface area contributed by atoms with Crippen molar-refractivity contribution in [1.82, 2.24) is 4.98 Å². The highest BCUT2D eigenvalue weighted by Gasteiger charge is 2.12. The van der Waals surface area contributed by atoms with Gasteiger partial charge in [0, 0.05) is 17.2 Å². The Morgan fingerprint density at radius 3 is 3.00 bits per heavy atom. The van der Waals surface area contributed by atoms with Crippen LogP contribution in [0.4, 0.5) is 0 Å². The lowest BCUT2D eigenvalue weighted by Crippen LogP contribution is -1.91. The number of carboxylic acid groups (broad SMARTS) is 1. The van der Waals surface area contributed by atoms with Crippen molar-refractivity contribution < 1.29 is 14.3 Å². The third-order valence-electron chi connectivity index (χ3n) is 2.19. The predicted molar refractivity (Wildman–Crippen MR) is 73.2 cm³/mol. The first-order valence-electron chi connectivity index (χ1n) is 5.44. The van der Waals surface area contributed by atoms with Crippen LogP contribution in [0, 0.1) is 0 Å². The zero-order valence-corrected chi connectivity index (χ0v) is 11.7. The first kappa shape index (κ1) is 13.2. The second-order valence-electron chi connectivity index (χ2n) is 3.99. The van der Waals surface area contributed by atoms with E-state index in [1.165, 1.54) is 12.3 Å². The van der Waals surface area contributed by atoms with Crippen LogP contribution in [0.2, 0.25) is 0 Å².